The molecule has 1 aromatic heterocycles. The summed E-state index contributed by atoms with van der Waals surface area (Å²) in [6, 6.07) is 11.1. The minimum absolute atomic E-state index is 0.0428. The van der Waals surface area contributed by atoms with E-state index in [2.05, 4.69) is 31.2 Å². The lowest BCUT2D eigenvalue weighted by molar-refractivity contribution is -0.383. The summed E-state index contributed by atoms with van der Waals surface area (Å²) < 4.78 is 0.875. The Hall–Kier alpha value is -3.24. The van der Waals surface area contributed by atoms with Crippen molar-refractivity contribution in [1.29, 1.82) is 10.5 Å². The number of nitrogens with one attached hydrogen (secondary N) is 1. The van der Waals surface area contributed by atoms with Gasteiger partial charge in [-0.25, -0.2) is 9.97 Å². The summed E-state index contributed by atoms with van der Waals surface area (Å²) in [5.74, 6) is 0.122. The maximum Gasteiger partial charge on any atom is 0.353 e. The third-order valence-electron chi connectivity index (χ3n) is 3.38. The molecule has 0 saturated heterocycles. The molecule has 1 aromatic carbocycles. The van der Waals surface area contributed by atoms with Crippen LogP contribution in [0.4, 0.5) is 23.0 Å². The van der Waals surface area contributed by atoms with Crippen LogP contribution in [-0.4, -0.2) is 28.0 Å². The van der Waals surface area contributed by atoms with Crippen LogP contribution in [0.5, 0.6) is 0 Å². The highest BCUT2D eigenvalue weighted by Gasteiger charge is 2.27. The summed E-state index contributed by atoms with van der Waals surface area (Å²) in [6.45, 7) is 0.460. The van der Waals surface area contributed by atoms with Crippen molar-refractivity contribution in [3.8, 4) is 12.1 Å². The van der Waals surface area contributed by atoms with E-state index >= 15 is 0 Å². The highest BCUT2D eigenvalue weighted by molar-refractivity contribution is 9.10. The van der Waals surface area contributed by atoms with Gasteiger partial charge >= 0.3 is 5.69 Å². The van der Waals surface area contributed by atoms with Gasteiger partial charge < -0.3 is 10.2 Å². The van der Waals surface area contributed by atoms with Crippen LogP contribution in [0.2, 0.25) is 0 Å². The number of nitriles is 2. The van der Waals surface area contributed by atoms with Crippen LogP contribution in [0, 0.1) is 32.8 Å². The van der Waals surface area contributed by atoms with E-state index in [4.69, 9.17) is 10.5 Å². The summed E-state index contributed by atoms with van der Waals surface area (Å²) >= 11 is 3.33. The fourth-order valence-electron chi connectivity index (χ4n) is 2.22. The van der Waals surface area contributed by atoms with Crippen LogP contribution in [0.15, 0.2) is 35.1 Å². The van der Waals surface area contributed by atoms with Crippen molar-refractivity contribution < 1.29 is 4.92 Å². The standard InChI is InChI=1S/C16H14BrN7O2/c17-12-3-5-13(6-4-12)22-15-14(24(25)26)16(21-11-20-15)23(9-1-7-18)10-2-8-19/h3-6,11H,1-2,9-10H2,(H,20,21,22). The summed E-state index contributed by atoms with van der Waals surface area (Å²) in [4.78, 5) is 20.7. The first-order chi connectivity index (χ1) is 12.6. The fourth-order valence-corrected chi connectivity index (χ4v) is 2.49. The third kappa shape index (κ3) is 4.88. The Morgan fingerprint density at radius 2 is 1.77 bits per heavy atom. The number of nitro groups is 1. The van der Waals surface area contributed by atoms with Gasteiger partial charge in [0.2, 0.25) is 11.6 Å². The molecular formula is C16H14BrN7O2. The number of benzene rings is 1. The molecule has 1 N–H and O–H groups in total. The number of halogens is 1. The van der Waals surface area contributed by atoms with E-state index in [1.807, 2.05) is 12.1 Å². The predicted molar refractivity (Wildman–Crippen MR) is 98.8 cm³/mol. The van der Waals surface area contributed by atoms with Crippen LogP contribution in [0.1, 0.15) is 12.8 Å². The van der Waals surface area contributed by atoms with Crippen LogP contribution >= 0.6 is 15.9 Å². The second-order valence-corrected chi connectivity index (χ2v) is 6.00. The molecule has 0 aliphatic heterocycles. The molecular weight excluding hydrogens is 402 g/mol. The van der Waals surface area contributed by atoms with E-state index in [0.29, 0.717) is 5.69 Å². The fraction of sp³-hybridized carbons (Fsp3) is 0.250. The normalized spacial score (nSPS) is 9.81. The highest BCUT2D eigenvalue weighted by Crippen LogP contribution is 2.33. The molecule has 0 fully saturated rings. The van der Waals surface area contributed by atoms with E-state index < -0.39 is 4.92 Å². The van der Waals surface area contributed by atoms with E-state index in [9.17, 15) is 10.1 Å². The lowest BCUT2D eigenvalue weighted by Crippen LogP contribution is -2.27. The summed E-state index contributed by atoms with van der Waals surface area (Å²) in [7, 11) is 0. The molecule has 0 amide bonds. The van der Waals surface area contributed by atoms with Gasteiger partial charge in [0.25, 0.3) is 0 Å². The zero-order valence-electron chi connectivity index (χ0n) is 13.6. The largest absolute Gasteiger partial charge is 0.353 e. The molecule has 26 heavy (non-hydrogen) atoms. The molecule has 0 atom stereocenters. The Morgan fingerprint density at radius 1 is 1.15 bits per heavy atom. The van der Waals surface area contributed by atoms with Gasteiger partial charge in [-0.05, 0) is 24.3 Å². The topological polar surface area (TPSA) is 132 Å². The SMILES string of the molecule is N#CCCN(CCC#N)c1ncnc(Nc2ccc(Br)cc2)c1[N+](=O)[O-]. The number of nitrogens with zero attached hydrogens (tertiary/aromatic N) is 6. The molecule has 10 heteroatoms. The van der Waals surface area contributed by atoms with Crippen LogP contribution < -0.4 is 10.2 Å². The van der Waals surface area contributed by atoms with E-state index in [1.165, 1.54) is 6.33 Å². The first-order valence-electron chi connectivity index (χ1n) is 7.57. The van der Waals surface area contributed by atoms with Crippen molar-refractivity contribution in [1.82, 2.24) is 9.97 Å². The van der Waals surface area contributed by atoms with Gasteiger partial charge in [-0.1, -0.05) is 15.9 Å². The van der Waals surface area contributed by atoms with Gasteiger partial charge in [-0.15, -0.1) is 0 Å². The summed E-state index contributed by atoms with van der Waals surface area (Å²) in [5, 5.41) is 32.2. The molecule has 0 aliphatic rings. The lowest BCUT2D eigenvalue weighted by Gasteiger charge is -2.21. The quantitative estimate of drug-likeness (QED) is 0.511. The maximum atomic E-state index is 11.7. The van der Waals surface area contributed by atoms with E-state index in [1.54, 1.807) is 29.2 Å². The van der Waals surface area contributed by atoms with Gasteiger partial charge in [0.05, 0.1) is 29.9 Å². The Balaban J connectivity index is 2.42. The molecule has 2 aromatic rings. The molecule has 132 valence electrons. The Bertz CT molecular complexity index is 840. The molecule has 9 nitrogen and oxygen atoms in total. The van der Waals surface area contributed by atoms with E-state index in [-0.39, 0.29) is 43.3 Å². The second kappa shape index (κ2) is 9.30. The molecule has 0 unspecified atom stereocenters. The molecule has 0 radical (unpaired) electrons. The van der Waals surface area contributed by atoms with Gasteiger partial charge in [0, 0.05) is 23.2 Å². The summed E-state index contributed by atoms with van der Waals surface area (Å²) in [5.41, 5.74) is 0.327. The van der Waals surface area contributed by atoms with Crippen molar-refractivity contribution >= 4 is 38.9 Å². The van der Waals surface area contributed by atoms with Crippen LogP contribution in [0.3, 0.4) is 0 Å². The third-order valence-corrected chi connectivity index (χ3v) is 3.91. The van der Waals surface area contributed by atoms with Gasteiger partial charge in [-0.2, -0.15) is 10.5 Å². The minimum Gasteiger partial charge on any atom is -0.349 e. The zero-order valence-corrected chi connectivity index (χ0v) is 15.2. The number of aromatic nitrogens is 2. The van der Waals surface area contributed by atoms with Gasteiger partial charge in [-0.3, -0.25) is 10.1 Å². The van der Waals surface area contributed by atoms with Crippen molar-refractivity contribution in [2.75, 3.05) is 23.3 Å². The highest BCUT2D eigenvalue weighted by atomic mass is 79.9. The average molecular weight is 416 g/mol. The van der Waals surface area contributed by atoms with Gasteiger partial charge in [0.1, 0.15) is 6.33 Å². The lowest BCUT2D eigenvalue weighted by atomic mass is 10.3. The monoisotopic (exact) mass is 415 g/mol. The molecule has 0 spiro atoms. The molecule has 0 aliphatic carbocycles. The molecule has 0 bridgehead atoms. The van der Waals surface area contributed by atoms with Crippen LogP contribution in [0.25, 0.3) is 0 Å². The number of hydrogen-bond donors (Lipinski definition) is 1. The second-order valence-electron chi connectivity index (χ2n) is 5.09. The van der Waals surface area contributed by atoms with Crippen molar-refractivity contribution in [3.63, 3.8) is 0 Å². The minimum atomic E-state index is -0.567. The average Bonchev–Trinajstić information content (AvgIpc) is 2.63. The first kappa shape index (κ1) is 19.1. The van der Waals surface area contributed by atoms with Gasteiger partial charge in [0.15, 0.2) is 0 Å². The van der Waals surface area contributed by atoms with Crippen molar-refractivity contribution in [2.24, 2.45) is 0 Å². The number of hydrogen-bond acceptors (Lipinski definition) is 8. The maximum absolute atomic E-state index is 11.7. The van der Waals surface area contributed by atoms with Crippen molar-refractivity contribution in [2.45, 2.75) is 12.8 Å². The number of anilines is 3. The predicted octanol–water partition coefficient (Wildman–Crippen LogP) is 3.52. The van der Waals surface area contributed by atoms with Crippen molar-refractivity contribution in [3.05, 3.63) is 45.2 Å². The zero-order chi connectivity index (χ0) is 18.9. The summed E-state index contributed by atoms with van der Waals surface area (Å²) in [6.07, 6.45) is 1.53. The van der Waals surface area contributed by atoms with Crippen LogP contribution in [-0.2, 0) is 0 Å². The molecule has 1 heterocycles. The molecule has 0 saturated carbocycles. The molecule has 2 rings (SSSR count). The first-order valence-corrected chi connectivity index (χ1v) is 8.37. The Labute approximate surface area is 158 Å². The number of rotatable bonds is 8. The Morgan fingerprint density at radius 3 is 2.31 bits per heavy atom. The van der Waals surface area contributed by atoms with E-state index in [0.717, 1.165) is 4.47 Å². The Kier molecular flexibility index (Phi) is 6.83. The smallest absolute Gasteiger partial charge is 0.349 e.